The zero-order valence-electron chi connectivity index (χ0n) is 11.7. The minimum atomic E-state index is -0.359. The smallest absolute Gasteiger partial charge is 0.240 e. The highest BCUT2D eigenvalue weighted by atomic mass is 16.1. The summed E-state index contributed by atoms with van der Waals surface area (Å²) in [6, 6.07) is 11.5. The molecule has 2 rings (SSSR count). The quantitative estimate of drug-likeness (QED) is 0.876. The molecule has 20 heavy (non-hydrogen) atoms. The van der Waals surface area contributed by atoms with Gasteiger partial charge in [0.15, 0.2) is 0 Å². The Morgan fingerprint density at radius 1 is 1.05 bits per heavy atom. The van der Waals surface area contributed by atoms with Crippen LogP contribution in [0.15, 0.2) is 48.8 Å². The van der Waals surface area contributed by atoms with Gasteiger partial charge in [-0.25, -0.2) is 0 Å². The summed E-state index contributed by atoms with van der Waals surface area (Å²) in [4.78, 5) is 15.4. The van der Waals surface area contributed by atoms with Crippen molar-refractivity contribution in [2.75, 3.05) is 5.32 Å². The van der Waals surface area contributed by atoms with Crippen molar-refractivity contribution < 1.29 is 4.79 Å². The van der Waals surface area contributed by atoms with Crippen molar-refractivity contribution in [1.29, 1.82) is 0 Å². The molecule has 0 radical (unpaired) electrons. The Morgan fingerprint density at radius 2 is 1.60 bits per heavy atom. The lowest BCUT2D eigenvalue weighted by Crippen LogP contribution is -2.39. The monoisotopic (exact) mass is 269 g/mol. The number of nitrogens with zero attached hydrogens (tertiary/aromatic N) is 1. The van der Waals surface area contributed by atoms with Crippen molar-refractivity contribution in [2.24, 2.45) is 11.7 Å². The first-order valence-electron chi connectivity index (χ1n) is 6.64. The van der Waals surface area contributed by atoms with E-state index in [1.54, 1.807) is 12.4 Å². The van der Waals surface area contributed by atoms with Crippen LogP contribution in [-0.4, -0.2) is 16.9 Å². The molecule has 0 aliphatic rings. The maximum absolute atomic E-state index is 11.4. The molecular formula is C16H19N3O. The first-order chi connectivity index (χ1) is 9.58. The third-order valence-electron chi connectivity index (χ3n) is 3.19. The third-order valence-corrected chi connectivity index (χ3v) is 3.19. The highest BCUT2D eigenvalue weighted by Gasteiger charge is 2.18. The van der Waals surface area contributed by atoms with Crippen molar-refractivity contribution in [3.8, 4) is 11.1 Å². The summed E-state index contributed by atoms with van der Waals surface area (Å²) in [5, 5.41) is 3.17. The topological polar surface area (TPSA) is 68.0 Å². The molecule has 2 aromatic rings. The third kappa shape index (κ3) is 3.35. The van der Waals surface area contributed by atoms with Crippen molar-refractivity contribution in [1.82, 2.24) is 4.98 Å². The summed E-state index contributed by atoms with van der Waals surface area (Å²) in [5.41, 5.74) is 8.51. The van der Waals surface area contributed by atoms with Gasteiger partial charge in [0, 0.05) is 18.1 Å². The number of nitrogens with one attached hydrogen (secondary N) is 1. The standard InChI is InChI=1S/C16H19N3O/c1-11(2)15(16(17)20)19-14-5-3-12(4-6-14)13-7-9-18-10-8-13/h3-11,15,19H,1-2H3,(H2,17,20)/t15-/m1/s1. The van der Waals surface area contributed by atoms with Crippen LogP contribution in [0.4, 0.5) is 5.69 Å². The number of amides is 1. The number of hydrogen-bond donors (Lipinski definition) is 2. The van der Waals surface area contributed by atoms with Crippen molar-refractivity contribution in [3.05, 3.63) is 48.8 Å². The van der Waals surface area contributed by atoms with Crippen molar-refractivity contribution in [3.63, 3.8) is 0 Å². The normalized spacial score (nSPS) is 12.2. The molecule has 1 atom stereocenters. The van der Waals surface area contributed by atoms with E-state index in [0.717, 1.165) is 16.8 Å². The molecule has 1 amide bonds. The average molecular weight is 269 g/mol. The molecule has 0 bridgehead atoms. The molecule has 0 unspecified atom stereocenters. The molecule has 3 N–H and O–H groups in total. The predicted octanol–water partition coefficient (Wildman–Crippen LogP) is 2.67. The molecule has 0 saturated heterocycles. The first-order valence-corrected chi connectivity index (χ1v) is 6.64. The Labute approximate surface area is 119 Å². The Bertz CT molecular complexity index is 564. The zero-order valence-corrected chi connectivity index (χ0v) is 11.7. The van der Waals surface area contributed by atoms with Crippen LogP contribution in [-0.2, 0) is 4.79 Å². The van der Waals surface area contributed by atoms with E-state index in [-0.39, 0.29) is 17.9 Å². The van der Waals surface area contributed by atoms with Gasteiger partial charge >= 0.3 is 0 Å². The molecule has 0 saturated carbocycles. The molecule has 1 aromatic carbocycles. The van der Waals surface area contributed by atoms with Crippen LogP contribution in [0.3, 0.4) is 0 Å². The van der Waals surface area contributed by atoms with E-state index in [0.29, 0.717) is 0 Å². The Balaban J connectivity index is 2.14. The molecular weight excluding hydrogens is 250 g/mol. The lowest BCUT2D eigenvalue weighted by Gasteiger charge is -2.20. The number of hydrogen-bond acceptors (Lipinski definition) is 3. The van der Waals surface area contributed by atoms with Gasteiger partial charge in [-0.1, -0.05) is 26.0 Å². The molecule has 0 aliphatic heterocycles. The van der Waals surface area contributed by atoms with Crippen LogP contribution in [0.5, 0.6) is 0 Å². The Morgan fingerprint density at radius 3 is 2.10 bits per heavy atom. The number of primary amides is 1. The number of carbonyl (C=O) groups is 1. The van der Waals surface area contributed by atoms with Gasteiger partial charge in [0.2, 0.25) is 5.91 Å². The van der Waals surface area contributed by atoms with Crippen molar-refractivity contribution in [2.45, 2.75) is 19.9 Å². The minimum absolute atomic E-state index is 0.146. The second-order valence-corrected chi connectivity index (χ2v) is 5.08. The first kappa shape index (κ1) is 14.1. The largest absolute Gasteiger partial charge is 0.373 e. The van der Waals surface area contributed by atoms with E-state index in [1.165, 1.54) is 0 Å². The fourth-order valence-corrected chi connectivity index (χ4v) is 2.05. The molecule has 1 aromatic heterocycles. The average Bonchev–Trinajstić information content (AvgIpc) is 2.45. The van der Waals surface area contributed by atoms with Crippen molar-refractivity contribution >= 4 is 11.6 Å². The van der Waals surface area contributed by atoms with E-state index in [2.05, 4.69) is 10.3 Å². The molecule has 0 aliphatic carbocycles. The number of rotatable bonds is 5. The number of pyridine rings is 1. The van der Waals surface area contributed by atoms with Gasteiger partial charge in [-0.05, 0) is 41.3 Å². The molecule has 0 spiro atoms. The fraction of sp³-hybridized carbons (Fsp3) is 0.250. The second kappa shape index (κ2) is 6.19. The molecule has 4 heteroatoms. The van der Waals surface area contributed by atoms with Gasteiger partial charge in [-0.3, -0.25) is 9.78 Å². The summed E-state index contributed by atoms with van der Waals surface area (Å²) in [6.45, 7) is 3.93. The lowest BCUT2D eigenvalue weighted by atomic mass is 10.0. The Hall–Kier alpha value is -2.36. The second-order valence-electron chi connectivity index (χ2n) is 5.08. The Kier molecular flexibility index (Phi) is 4.35. The van der Waals surface area contributed by atoms with E-state index in [9.17, 15) is 4.79 Å². The maximum Gasteiger partial charge on any atom is 0.240 e. The van der Waals surface area contributed by atoms with Crippen LogP contribution < -0.4 is 11.1 Å². The number of carbonyl (C=O) groups excluding carboxylic acids is 1. The molecule has 104 valence electrons. The van der Waals surface area contributed by atoms with E-state index in [1.807, 2.05) is 50.2 Å². The van der Waals surface area contributed by atoms with Gasteiger partial charge in [-0.15, -0.1) is 0 Å². The van der Waals surface area contributed by atoms with E-state index < -0.39 is 0 Å². The van der Waals surface area contributed by atoms with E-state index in [4.69, 9.17) is 5.73 Å². The summed E-state index contributed by atoms with van der Waals surface area (Å²) < 4.78 is 0. The summed E-state index contributed by atoms with van der Waals surface area (Å²) in [5.74, 6) is -0.189. The molecule has 0 fully saturated rings. The van der Waals surface area contributed by atoms with Crippen LogP contribution >= 0.6 is 0 Å². The molecule has 1 heterocycles. The van der Waals surface area contributed by atoms with Crippen LogP contribution in [0.25, 0.3) is 11.1 Å². The van der Waals surface area contributed by atoms with Gasteiger partial charge in [0.05, 0.1) is 0 Å². The number of nitrogens with two attached hydrogens (primary N) is 1. The number of aromatic nitrogens is 1. The van der Waals surface area contributed by atoms with Crippen LogP contribution in [0.1, 0.15) is 13.8 Å². The number of benzene rings is 1. The fourth-order valence-electron chi connectivity index (χ4n) is 2.05. The lowest BCUT2D eigenvalue weighted by molar-refractivity contribution is -0.119. The van der Waals surface area contributed by atoms with Gasteiger partial charge in [0.25, 0.3) is 0 Å². The van der Waals surface area contributed by atoms with Gasteiger partial charge < -0.3 is 11.1 Å². The highest BCUT2D eigenvalue weighted by Crippen LogP contribution is 2.21. The van der Waals surface area contributed by atoms with Crippen LogP contribution in [0, 0.1) is 5.92 Å². The van der Waals surface area contributed by atoms with Gasteiger partial charge in [-0.2, -0.15) is 0 Å². The van der Waals surface area contributed by atoms with Crippen LogP contribution in [0.2, 0.25) is 0 Å². The number of anilines is 1. The predicted molar refractivity (Wildman–Crippen MR) is 81.1 cm³/mol. The van der Waals surface area contributed by atoms with E-state index >= 15 is 0 Å². The highest BCUT2D eigenvalue weighted by molar-refractivity contribution is 5.83. The summed E-state index contributed by atoms with van der Waals surface area (Å²) >= 11 is 0. The summed E-state index contributed by atoms with van der Waals surface area (Å²) in [7, 11) is 0. The summed E-state index contributed by atoms with van der Waals surface area (Å²) in [6.07, 6.45) is 3.53. The maximum atomic E-state index is 11.4. The SMILES string of the molecule is CC(C)[C@@H](Nc1ccc(-c2ccncc2)cc1)C(N)=O. The molecule has 4 nitrogen and oxygen atoms in total. The minimum Gasteiger partial charge on any atom is -0.373 e. The zero-order chi connectivity index (χ0) is 14.5. The van der Waals surface area contributed by atoms with Gasteiger partial charge in [0.1, 0.15) is 6.04 Å².